The minimum Gasteiger partial charge on any atom is -0.462 e. The number of ether oxygens (including phenoxy) is 2. The normalized spacial score (nSPS) is 19.9. The number of benzene rings is 2. The predicted octanol–water partition coefficient (Wildman–Crippen LogP) is 5.81. The van der Waals surface area contributed by atoms with E-state index >= 15 is 0 Å². The van der Waals surface area contributed by atoms with Crippen LogP contribution in [0.1, 0.15) is 46.6 Å². The van der Waals surface area contributed by atoms with Crippen LogP contribution in [0, 0.1) is 18.7 Å². The van der Waals surface area contributed by atoms with E-state index in [-0.39, 0.29) is 30.5 Å². The van der Waals surface area contributed by atoms with Crippen molar-refractivity contribution in [1.82, 2.24) is 15.3 Å². The van der Waals surface area contributed by atoms with Crippen molar-refractivity contribution in [1.29, 1.82) is 0 Å². The molecular weight excluding hydrogens is 564 g/mol. The molecule has 3 unspecified atom stereocenters. The molecule has 42 heavy (non-hydrogen) atoms. The molecule has 228 valence electrons. The molecule has 10 nitrogen and oxygen atoms in total. The number of urea groups is 1. The molecule has 12 heteroatoms. The maximum absolute atomic E-state index is 13.7. The molecule has 0 spiro atoms. The van der Waals surface area contributed by atoms with Gasteiger partial charge in [0.1, 0.15) is 23.8 Å². The number of imide groups is 1. The van der Waals surface area contributed by atoms with Crippen LogP contribution in [0.4, 0.5) is 9.18 Å². The lowest BCUT2D eigenvalue weighted by atomic mass is 10.0. The van der Waals surface area contributed by atoms with Crippen LogP contribution in [0.5, 0.6) is 5.75 Å². The Morgan fingerprint density at radius 3 is 2.48 bits per heavy atom. The van der Waals surface area contributed by atoms with Crippen LogP contribution in [-0.4, -0.2) is 54.4 Å². The number of carbonyl (C=O) groups excluding carboxylic acids is 3. The molecule has 3 rings (SSSR count). The highest BCUT2D eigenvalue weighted by molar-refractivity contribution is 7.45. The average molecular weight is 604 g/mol. The summed E-state index contributed by atoms with van der Waals surface area (Å²) < 4.78 is 37.4. The largest absolute Gasteiger partial charge is 0.462 e. The molecule has 0 radical (unpaired) electrons. The lowest BCUT2D eigenvalue weighted by Crippen LogP contribution is -2.44. The molecular formula is C30H39FN3O7P. The zero-order valence-corrected chi connectivity index (χ0v) is 25.6. The number of nitrogens with zero attached hydrogens (tertiary/aromatic N) is 1. The summed E-state index contributed by atoms with van der Waals surface area (Å²) in [7, 11) is -1.83. The summed E-state index contributed by atoms with van der Waals surface area (Å²) >= 11 is 0. The first-order valence-corrected chi connectivity index (χ1v) is 14.9. The van der Waals surface area contributed by atoms with Gasteiger partial charge < -0.3 is 18.5 Å². The van der Waals surface area contributed by atoms with Crippen molar-refractivity contribution in [2.45, 2.75) is 72.4 Å². The van der Waals surface area contributed by atoms with Gasteiger partial charge in [0.15, 0.2) is 0 Å². The zero-order chi connectivity index (χ0) is 30.8. The third kappa shape index (κ3) is 9.32. The Hall–Kier alpha value is -3.37. The van der Waals surface area contributed by atoms with Crippen LogP contribution >= 0.6 is 8.53 Å². The lowest BCUT2D eigenvalue weighted by Gasteiger charge is -2.27. The van der Waals surface area contributed by atoms with E-state index in [0.29, 0.717) is 24.1 Å². The number of carbonyl (C=O) groups is 3. The Bertz CT molecular complexity index is 1240. The van der Waals surface area contributed by atoms with Gasteiger partial charge in [-0.15, -0.1) is 0 Å². The minimum absolute atomic E-state index is 0.0464. The fourth-order valence-corrected chi connectivity index (χ4v) is 5.55. The van der Waals surface area contributed by atoms with Gasteiger partial charge in [0.25, 0.3) is 0 Å². The number of allylic oxidation sites excluding steroid dienone is 1. The summed E-state index contributed by atoms with van der Waals surface area (Å²) in [5.74, 6) is -0.247. The summed E-state index contributed by atoms with van der Waals surface area (Å²) in [6.07, 6.45) is 2.90. The molecule has 2 N–H and O–H groups in total. The second-order valence-corrected chi connectivity index (χ2v) is 11.5. The second kappa shape index (κ2) is 15.7. The van der Waals surface area contributed by atoms with Gasteiger partial charge in [-0.1, -0.05) is 31.2 Å². The van der Waals surface area contributed by atoms with E-state index in [1.54, 1.807) is 71.2 Å². The van der Waals surface area contributed by atoms with E-state index < -0.39 is 32.8 Å². The van der Waals surface area contributed by atoms with Gasteiger partial charge in [0.2, 0.25) is 6.41 Å². The Balaban J connectivity index is 1.71. The Kier molecular flexibility index (Phi) is 12.4. The number of esters is 1. The van der Waals surface area contributed by atoms with Crippen molar-refractivity contribution >= 4 is 26.9 Å². The number of aryl methyl sites for hydroxylation is 1. The Morgan fingerprint density at radius 1 is 1.17 bits per heavy atom. The van der Waals surface area contributed by atoms with Crippen LogP contribution in [0.3, 0.4) is 0 Å². The third-order valence-electron chi connectivity index (χ3n) is 6.37. The molecule has 0 aromatic heterocycles. The SMILES string of the molecule is C/C=C\N(C(=O)NC=O)C1OC(COP(N[C@@H](C)C(=O)OC(C)C)Oc2ccc(-c3ccc(F)c(C)c3)cc2)C[C@@H]1C. The van der Waals surface area contributed by atoms with E-state index in [2.05, 4.69) is 10.4 Å². The van der Waals surface area contributed by atoms with Crippen LogP contribution in [0.25, 0.3) is 11.1 Å². The molecule has 3 amide bonds. The van der Waals surface area contributed by atoms with Gasteiger partial charge in [0.05, 0.1) is 18.8 Å². The van der Waals surface area contributed by atoms with Gasteiger partial charge in [0, 0.05) is 12.1 Å². The van der Waals surface area contributed by atoms with Gasteiger partial charge in [-0.05, 0) is 82.0 Å². The van der Waals surface area contributed by atoms with Crippen LogP contribution in [0.2, 0.25) is 0 Å². The number of halogens is 1. The molecule has 0 saturated carbocycles. The number of hydrogen-bond donors (Lipinski definition) is 2. The van der Waals surface area contributed by atoms with Gasteiger partial charge in [-0.2, -0.15) is 0 Å². The van der Waals surface area contributed by atoms with Gasteiger partial charge in [-0.3, -0.25) is 19.8 Å². The Labute approximate surface area is 247 Å². The van der Waals surface area contributed by atoms with E-state index in [0.717, 1.165) is 11.1 Å². The number of amides is 3. The zero-order valence-electron chi connectivity index (χ0n) is 24.7. The van der Waals surface area contributed by atoms with Crippen LogP contribution in [0.15, 0.2) is 54.7 Å². The van der Waals surface area contributed by atoms with Gasteiger partial charge >= 0.3 is 20.5 Å². The maximum atomic E-state index is 13.7. The molecule has 1 aliphatic rings. The van der Waals surface area contributed by atoms with Crippen molar-refractivity contribution < 1.29 is 37.3 Å². The molecule has 1 aliphatic heterocycles. The second-order valence-electron chi connectivity index (χ2n) is 10.3. The first-order valence-electron chi connectivity index (χ1n) is 13.8. The molecule has 2 aromatic carbocycles. The summed E-state index contributed by atoms with van der Waals surface area (Å²) in [4.78, 5) is 37.0. The molecule has 1 heterocycles. The molecule has 0 aliphatic carbocycles. The highest BCUT2D eigenvalue weighted by atomic mass is 31.2. The van der Waals surface area contributed by atoms with Crippen LogP contribution in [-0.2, 0) is 23.6 Å². The molecule has 1 saturated heterocycles. The van der Waals surface area contributed by atoms with Crippen molar-refractivity contribution in [3.05, 3.63) is 66.1 Å². The summed E-state index contributed by atoms with van der Waals surface area (Å²) in [5, 5.41) is 5.22. The topological polar surface area (TPSA) is 115 Å². The van der Waals surface area contributed by atoms with Crippen molar-refractivity contribution in [3.8, 4) is 16.9 Å². The van der Waals surface area contributed by atoms with E-state index in [1.807, 2.05) is 19.1 Å². The van der Waals surface area contributed by atoms with E-state index in [4.69, 9.17) is 18.5 Å². The summed E-state index contributed by atoms with van der Waals surface area (Å²) in [6, 6.07) is 10.9. The molecule has 2 aromatic rings. The number of hydrogen-bond acceptors (Lipinski definition) is 8. The highest BCUT2D eigenvalue weighted by Crippen LogP contribution is 2.39. The van der Waals surface area contributed by atoms with Crippen LogP contribution < -0.4 is 14.9 Å². The Morgan fingerprint density at radius 2 is 1.86 bits per heavy atom. The third-order valence-corrected chi connectivity index (χ3v) is 7.73. The molecule has 1 fully saturated rings. The molecule has 5 atom stereocenters. The average Bonchev–Trinajstić information content (AvgIpc) is 3.31. The van der Waals surface area contributed by atoms with E-state index in [1.165, 1.54) is 11.0 Å². The van der Waals surface area contributed by atoms with Crippen molar-refractivity contribution in [2.24, 2.45) is 5.92 Å². The first-order chi connectivity index (χ1) is 20.0. The minimum atomic E-state index is -1.83. The predicted molar refractivity (Wildman–Crippen MR) is 158 cm³/mol. The standard InChI is InChI=1S/C30H39FN3O7P/c1-7-14-34(30(37)32-18-35)28-21(5)16-26(40-28)17-38-42(33-22(6)29(36)39-19(2)3)41-25-11-8-23(9-12-25)24-10-13-27(31)20(4)15-24/h7-15,18-19,21-22,26,28,33H,16-17H2,1-6H3,(H,32,35,37)/b14-7-/t21-,22-,26?,28?,42?/m0/s1. The first kappa shape index (κ1) is 33.1. The summed E-state index contributed by atoms with van der Waals surface area (Å²) in [5.41, 5.74) is 2.32. The van der Waals surface area contributed by atoms with Gasteiger partial charge in [-0.25, -0.2) is 14.3 Å². The lowest BCUT2D eigenvalue weighted by molar-refractivity contribution is -0.149. The number of nitrogens with one attached hydrogen (secondary N) is 2. The summed E-state index contributed by atoms with van der Waals surface area (Å²) in [6.45, 7) is 10.7. The van der Waals surface area contributed by atoms with Crippen molar-refractivity contribution in [2.75, 3.05) is 6.61 Å². The number of rotatable bonds is 13. The highest BCUT2D eigenvalue weighted by Gasteiger charge is 2.38. The van der Waals surface area contributed by atoms with E-state index in [9.17, 15) is 18.8 Å². The molecule has 0 bridgehead atoms. The fraction of sp³-hybridized carbons (Fsp3) is 0.433. The monoisotopic (exact) mass is 603 g/mol. The fourth-order valence-electron chi connectivity index (χ4n) is 4.33. The van der Waals surface area contributed by atoms with Crippen molar-refractivity contribution in [3.63, 3.8) is 0 Å². The maximum Gasteiger partial charge on any atom is 0.329 e. The quantitative estimate of drug-likeness (QED) is 0.168. The smallest absolute Gasteiger partial charge is 0.329 e.